The van der Waals surface area contributed by atoms with Gasteiger partial charge < -0.3 is 9.30 Å². The quantitative estimate of drug-likeness (QED) is 0.463. The predicted octanol–water partition coefficient (Wildman–Crippen LogP) is 5.44. The molecule has 144 valence electrons. The first-order valence-corrected chi connectivity index (χ1v) is 9.61. The van der Waals surface area contributed by atoms with Gasteiger partial charge in [0.1, 0.15) is 23.7 Å². The van der Waals surface area contributed by atoms with E-state index in [9.17, 15) is 9.59 Å². The minimum absolute atomic E-state index is 0.0489. The zero-order valence-corrected chi connectivity index (χ0v) is 17.0. The summed E-state index contributed by atoms with van der Waals surface area (Å²) in [6, 6.07) is 15.6. The Morgan fingerprint density at radius 1 is 0.964 bits per heavy atom. The topological polar surface area (TPSA) is 48.3 Å². The normalized spacial score (nSPS) is 10.7. The Morgan fingerprint density at radius 2 is 1.71 bits per heavy atom. The highest BCUT2D eigenvalue weighted by atomic mass is 35.5. The van der Waals surface area contributed by atoms with Crippen LogP contribution in [0.1, 0.15) is 21.6 Å². The van der Waals surface area contributed by atoms with E-state index in [0.717, 1.165) is 11.8 Å². The molecule has 0 unspecified atom stereocenters. The van der Waals surface area contributed by atoms with Crippen LogP contribution in [0, 0.1) is 0 Å². The fourth-order valence-electron chi connectivity index (χ4n) is 2.73. The van der Waals surface area contributed by atoms with Gasteiger partial charge in [-0.1, -0.05) is 65.1 Å². The number of hydrogen-bond donors (Lipinski definition) is 0. The molecule has 2 aromatic carbocycles. The zero-order chi connectivity index (χ0) is 20.1. The van der Waals surface area contributed by atoms with Crippen LogP contribution in [-0.4, -0.2) is 10.9 Å². The number of benzene rings is 2. The SMILES string of the molecule is O=Cc1ccc(CCn2c(COc3cccc(Cl)c3)c(Cl)cc(Cl)c2=O)cc1. The largest absolute Gasteiger partial charge is 0.487 e. The number of carbonyl (C=O) groups excluding carboxylic acids is 1. The molecule has 0 radical (unpaired) electrons. The maximum Gasteiger partial charge on any atom is 0.269 e. The van der Waals surface area contributed by atoms with Crippen molar-refractivity contribution in [1.82, 2.24) is 4.57 Å². The van der Waals surface area contributed by atoms with Gasteiger partial charge in [-0.3, -0.25) is 9.59 Å². The lowest BCUT2D eigenvalue weighted by molar-refractivity contribution is 0.112. The molecule has 0 aliphatic carbocycles. The number of ether oxygens (including phenoxy) is 1. The van der Waals surface area contributed by atoms with E-state index in [4.69, 9.17) is 39.5 Å². The Bertz CT molecular complexity index is 1050. The van der Waals surface area contributed by atoms with Gasteiger partial charge in [0.15, 0.2) is 0 Å². The van der Waals surface area contributed by atoms with Crippen LogP contribution in [0.5, 0.6) is 5.75 Å². The van der Waals surface area contributed by atoms with E-state index < -0.39 is 0 Å². The molecule has 0 amide bonds. The summed E-state index contributed by atoms with van der Waals surface area (Å²) in [5.74, 6) is 0.571. The molecule has 0 spiro atoms. The number of nitrogens with zero attached hydrogens (tertiary/aromatic N) is 1. The van der Waals surface area contributed by atoms with Crippen LogP contribution < -0.4 is 10.3 Å². The number of aromatic nitrogens is 1. The van der Waals surface area contributed by atoms with Gasteiger partial charge in [0.2, 0.25) is 0 Å². The van der Waals surface area contributed by atoms with Crippen molar-refractivity contribution >= 4 is 41.1 Å². The van der Waals surface area contributed by atoms with Crippen molar-refractivity contribution in [3.8, 4) is 5.75 Å². The van der Waals surface area contributed by atoms with Crippen LogP contribution in [0.2, 0.25) is 15.1 Å². The molecular weight excluding hydrogens is 421 g/mol. The smallest absolute Gasteiger partial charge is 0.269 e. The van der Waals surface area contributed by atoms with Crippen LogP contribution in [0.15, 0.2) is 59.4 Å². The van der Waals surface area contributed by atoms with E-state index in [1.165, 1.54) is 10.6 Å². The Hall–Kier alpha value is -2.27. The molecule has 0 fully saturated rings. The van der Waals surface area contributed by atoms with Crippen molar-refractivity contribution < 1.29 is 9.53 Å². The maximum absolute atomic E-state index is 12.6. The molecule has 1 heterocycles. The minimum Gasteiger partial charge on any atom is -0.487 e. The molecule has 1 aromatic heterocycles. The number of aryl methyl sites for hydroxylation is 1. The number of pyridine rings is 1. The molecule has 0 saturated carbocycles. The lowest BCUT2D eigenvalue weighted by Gasteiger charge is -2.16. The third-order valence-electron chi connectivity index (χ3n) is 4.22. The molecule has 0 saturated heterocycles. The van der Waals surface area contributed by atoms with Gasteiger partial charge in [-0.05, 0) is 36.2 Å². The Labute approximate surface area is 177 Å². The molecule has 0 atom stereocenters. The average Bonchev–Trinajstić information content (AvgIpc) is 2.69. The highest BCUT2D eigenvalue weighted by molar-refractivity contribution is 6.34. The minimum atomic E-state index is -0.333. The number of rotatable bonds is 7. The van der Waals surface area contributed by atoms with E-state index in [0.29, 0.717) is 40.0 Å². The van der Waals surface area contributed by atoms with Crippen molar-refractivity contribution in [3.05, 3.63) is 96.8 Å². The maximum atomic E-state index is 12.6. The van der Waals surface area contributed by atoms with Gasteiger partial charge in [0, 0.05) is 17.1 Å². The molecule has 3 aromatic rings. The Morgan fingerprint density at radius 3 is 2.39 bits per heavy atom. The highest BCUT2D eigenvalue weighted by Crippen LogP contribution is 2.22. The summed E-state index contributed by atoms with van der Waals surface area (Å²) in [5, 5.41) is 0.951. The van der Waals surface area contributed by atoms with Crippen LogP contribution in [0.4, 0.5) is 0 Å². The fourth-order valence-corrected chi connectivity index (χ4v) is 3.45. The van der Waals surface area contributed by atoms with Gasteiger partial charge in [0.05, 0.1) is 10.7 Å². The van der Waals surface area contributed by atoms with Crippen LogP contribution in [-0.2, 0) is 19.6 Å². The fraction of sp³-hybridized carbons (Fsp3) is 0.143. The molecule has 0 aliphatic heterocycles. The Balaban J connectivity index is 1.83. The third-order valence-corrected chi connectivity index (χ3v) is 5.05. The van der Waals surface area contributed by atoms with Crippen molar-refractivity contribution in [1.29, 1.82) is 0 Å². The van der Waals surface area contributed by atoms with Crippen molar-refractivity contribution in [2.75, 3.05) is 0 Å². The molecule has 0 N–H and O–H groups in total. The summed E-state index contributed by atoms with van der Waals surface area (Å²) in [4.78, 5) is 23.4. The molecule has 28 heavy (non-hydrogen) atoms. The van der Waals surface area contributed by atoms with Gasteiger partial charge in [-0.15, -0.1) is 0 Å². The second kappa shape index (κ2) is 9.28. The number of aldehydes is 1. The molecule has 0 aliphatic rings. The van der Waals surface area contributed by atoms with Crippen molar-refractivity contribution in [3.63, 3.8) is 0 Å². The lowest BCUT2D eigenvalue weighted by Crippen LogP contribution is -2.26. The second-order valence-corrected chi connectivity index (χ2v) is 7.35. The van der Waals surface area contributed by atoms with E-state index in [-0.39, 0.29) is 17.2 Å². The van der Waals surface area contributed by atoms with E-state index >= 15 is 0 Å². The molecule has 0 bridgehead atoms. The van der Waals surface area contributed by atoms with Crippen LogP contribution >= 0.6 is 34.8 Å². The first kappa shape index (κ1) is 20.5. The molecular formula is C21H16Cl3NO3. The summed E-state index contributed by atoms with van der Waals surface area (Å²) in [5.41, 5.74) is 1.78. The lowest BCUT2D eigenvalue weighted by atomic mass is 10.1. The first-order valence-electron chi connectivity index (χ1n) is 8.48. The molecule has 3 rings (SSSR count). The van der Waals surface area contributed by atoms with Gasteiger partial charge >= 0.3 is 0 Å². The van der Waals surface area contributed by atoms with E-state index in [1.54, 1.807) is 36.4 Å². The van der Waals surface area contributed by atoms with E-state index in [1.807, 2.05) is 12.1 Å². The third kappa shape index (κ3) is 4.96. The molecule has 4 nitrogen and oxygen atoms in total. The van der Waals surface area contributed by atoms with Gasteiger partial charge in [-0.2, -0.15) is 0 Å². The zero-order valence-electron chi connectivity index (χ0n) is 14.7. The Kier molecular flexibility index (Phi) is 6.79. The summed E-state index contributed by atoms with van der Waals surface area (Å²) in [7, 11) is 0. The van der Waals surface area contributed by atoms with Crippen LogP contribution in [0.25, 0.3) is 0 Å². The summed E-state index contributed by atoms with van der Waals surface area (Å²) in [6.07, 6.45) is 1.36. The van der Waals surface area contributed by atoms with Crippen molar-refractivity contribution in [2.24, 2.45) is 0 Å². The summed E-state index contributed by atoms with van der Waals surface area (Å²) >= 11 is 18.3. The number of carbonyl (C=O) groups is 1. The number of hydrogen-bond acceptors (Lipinski definition) is 3. The summed E-state index contributed by atoms with van der Waals surface area (Å²) in [6.45, 7) is 0.462. The predicted molar refractivity (Wildman–Crippen MR) is 112 cm³/mol. The average molecular weight is 437 g/mol. The highest BCUT2D eigenvalue weighted by Gasteiger charge is 2.14. The standard InChI is InChI=1S/C21H16Cl3NO3/c22-16-2-1-3-17(10-16)28-13-20-18(23)11-19(24)21(27)25(20)9-8-14-4-6-15(12-26)7-5-14/h1-7,10-12H,8-9,13H2. The van der Waals surface area contributed by atoms with Crippen molar-refractivity contribution in [2.45, 2.75) is 19.6 Å². The molecule has 7 heteroatoms. The van der Waals surface area contributed by atoms with Gasteiger partial charge in [-0.25, -0.2) is 0 Å². The first-order chi connectivity index (χ1) is 13.5. The van der Waals surface area contributed by atoms with Gasteiger partial charge in [0.25, 0.3) is 5.56 Å². The van der Waals surface area contributed by atoms with Crippen LogP contribution in [0.3, 0.4) is 0 Å². The van der Waals surface area contributed by atoms with E-state index in [2.05, 4.69) is 0 Å². The summed E-state index contributed by atoms with van der Waals surface area (Å²) < 4.78 is 7.28. The number of halogens is 3. The monoisotopic (exact) mass is 435 g/mol. The second-order valence-electron chi connectivity index (χ2n) is 6.10.